The van der Waals surface area contributed by atoms with Crippen molar-refractivity contribution in [2.75, 3.05) is 12.4 Å². The molecular formula is C16H15BrN2O2. The number of benzene rings is 2. The van der Waals surface area contributed by atoms with Gasteiger partial charge in [-0.15, -0.1) is 0 Å². The Morgan fingerprint density at radius 3 is 2.19 bits per heavy atom. The highest BCUT2D eigenvalue weighted by Crippen LogP contribution is 2.14. The van der Waals surface area contributed by atoms with Gasteiger partial charge < -0.3 is 10.6 Å². The van der Waals surface area contributed by atoms with Gasteiger partial charge >= 0.3 is 0 Å². The third-order valence-corrected chi connectivity index (χ3v) is 3.49. The standard InChI is InChI=1S/C16H15BrN2O2/c1-18-15(20)10-11-2-8-14(9-3-11)19-16(21)12-4-6-13(17)7-5-12/h2-9H,10H2,1H3,(H,18,20)(H,19,21). The molecule has 0 aromatic heterocycles. The summed E-state index contributed by atoms with van der Waals surface area (Å²) < 4.78 is 0.928. The third kappa shape index (κ3) is 4.43. The van der Waals surface area contributed by atoms with Gasteiger partial charge in [-0.3, -0.25) is 9.59 Å². The summed E-state index contributed by atoms with van der Waals surface area (Å²) in [7, 11) is 1.61. The molecule has 0 atom stereocenters. The van der Waals surface area contributed by atoms with E-state index in [-0.39, 0.29) is 11.8 Å². The van der Waals surface area contributed by atoms with Gasteiger partial charge in [0.05, 0.1) is 6.42 Å². The Balaban J connectivity index is 2.01. The van der Waals surface area contributed by atoms with Gasteiger partial charge in [0, 0.05) is 22.8 Å². The number of anilines is 1. The Hall–Kier alpha value is -2.14. The monoisotopic (exact) mass is 346 g/mol. The first-order valence-electron chi connectivity index (χ1n) is 6.45. The molecule has 108 valence electrons. The predicted octanol–water partition coefficient (Wildman–Crippen LogP) is 2.99. The second-order valence-electron chi connectivity index (χ2n) is 4.51. The highest BCUT2D eigenvalue weighted by Gasteiger charge is 2.06. The summed E-state index contributed by atoms with van der Waals surface area (Å²) in [5, 5.41) is 5.39. The van der Waals surface area contributed by atoms with Crippen molar-refractivity contribution in [2.24, 2.45) is 0 Å². The fourth-order valence-corrected chi connectivity index (χ4v) is 2.05. The first kappa shape index (κ1) is 15.3. The van der Waals surface area contributed by atoms with Crippen LogP contribution in [0.5, 0.6) is 0 Å². The van der Waals surface area contributed by atoms with E-state index in [1.807, 2.05) is 24.3 Å². The van der Waals surface area contributed by atoms with Crippen molar-refractivity contribution in [1.29, 1.82) is 0 Å². The molecule has 2 aromatic carbocycles. The highest BCUT2D eigenvalue weighted by atomic mass is 79.9. The van der Waals surface area contributed by atoms with Crippen molar-refractivity contribution in [1.82, 2.24) is 5.32 Å². The number of carbonyl (C=O) groups is 2. The average molecular weight is 347 g/mol. The van der Waals surface area contributed by atoms with E-state index >= 15 is 0 Å². The number of rotatable bonds is 4. The molecule has 0 aliphatic carbocycles. The highest BCUT2D eigenvalue weighted by molar-refractivity contribution is 9.10. The van der Waals surface area contributed by atoms with Crippen LogP contribution in [0.4, 0.5) is 5.69 Å². The Labute approximate surface area is 131 Å². The topological polar surface area (TPSA) is 58.2 Å². The third-order valence-electron chi connectivity index (χ3n) is 2.96. The van der Waals surface area contributed by atoms with Crippen LogP contribution in [0.15, 0.2) is 53.0 Å². The van der Waals surface area contributed by atoms with E-state index in [0.29, 0.717) is 17.7 Å². The van der Waals surface area contributed by atoms with Gasteiger partial charge in [-0.1, -0.05) is 28.1 Å². The SMILES string of the molecule is CNC(=O)Cc1ccc(NC(=O)c2ccc(Br)cc2)cc1. The number of nitrogens with one attached hydrogen (secondary N) is 2. The number of hydrogen-bond acceptors (Lipinski definition) is 2. The van der Waals surface area contributed by atoms with Gasteiger partial charge in [-0.25, -0.2) is 0 Å². The van der Waals surface area contributed by atoms with Gasteiger partial charge in [0.15, 0.2) is 0 Å². The zero-order valence-electron chi connectivity index (χ0n) is 11.5. The summed E-state index contributed by atoms with van der Waals surface area (Å²) in [6.07, 6.45) is 0.331. The molecule has 0 spiro atoms. The lowest BCUT2D eigenvalue weighted by molar-refractivity contribution is -0.119. The molecule has 2 rings (SSSR count). The normalized spacial score (nSPS) is 10.0. The molecule has 0 saturated heterocycles. The molecule has 0 bridgehead atoms. The second-order valence-corrected chi connectivity index (χ2v) is 5.42. The number of halogens is 1. The molecule has 0 radical (unpaired) electrons. The van der Waals surface area contributed by atoms with Crippen LogP contribution in [0.25, 0.3) is 0 Å². The molecule has 2 N–H and O–H groups in total. The zero-order valence-corrected chi connectivity index (χ0v) is 13.1. The van der Waals surface area contributed by atoms with Gasteiger partial charge in [0.1, 0.15) is 0 Å². The first-order chi connectivity index (χ1) is 10.1. The Bertz CT molecular complexity index is 636. The fraction of sp³-hybridized carbons (Fsp3) is 0.125. The summed E-state index contributed by atoms with van der Waals surface area (Å²) in [5.74, 6) is -0.205. The fourth-order valence-electron chi connectivity index (χ4n) is 1.78. The largest absolute Gasteiger partial charge is 0.359 e. The molecular weight excluding hydrogens is 332 g/mol. The lowest BCUT2D eigenvalue weighted by Gasteiger charge is -2.06. The number of carbonyl (C=O) groups excluding carboxylic acids is 2. The van der Waals surface area contributed by atoms with Crippen LogP contribution in [-0.4, -0.2) is 18.9 Å². The maximum absolute atomic E-state index is 12.0. The summed E-state index contributed by atoms with van der Waals surface area (Å²) in [6, 6.07) is 14.4. The first-order valence-corrected chi connectivity index (χ1v) is 7.24. The lowest BCUT2D eigenvalue weighted by atomic mass is 10.1. The van der Waals surface area contributed by atoms with Crippen molar-refractivity contribution in [3.05, 3.63) is 64.1 Å². The summed E-state index contributed by atoms with van der Waals surface area (Å²) in [4.78, 5) is 23.3. The van der Waals surface area contributed by atoms with Crippen LogP contribution < -0.4 is 10.6 Å². The van der Waals surface area contributed by atoms with E-state index in [2.05, 4.69) is 26.6 Å². The summed E-state index contributed by atoms with van der Waals surface area (Å²) >= 11 is 3.33. The van der Waals surface area contributed by atoms with Crippen molar-refractivity contribution >= 4 is 33.4 Å². The van der Waals surface area contributed by atoms with Crippen molar-refractivity contribution in [3.8, 4) is 0 Å². The minimum Gasteiger partial charge on any atom is -0.359 e. The van der Waals surface area contributed by atoms with Crippen LogP contribution in [0.3, 0.4) is 0 Å². The van der Waals surface area contributed by atoms with Crippen molar-refractivity contribution < 1.29 is 9.59 Å². The molecule has 2 aromatic rings. The van der Waals surface area contributed by atoms with Crippen LogP contribution in [0.1, 0.15) is 15.9 Å². The quantitative estimate of drug-likeness (QED) is 0.893. The van der Waals surface area contributed by atoms with Crippen LogP contribution in [-0.2, 0) is 11.2 Å². The molecule has 21 heavy (non-hydrogen) atoms. The van der Waals surface area contributed by atoms with Crippen LogP contribution >= 0.6 is 15.9 Å². The molecule has 0 fully saturated rings. The number of amides is 2. The van der Waals surface area contributed by atoms with E-state index in [1.165, 1.54) is 0 Å². The minimum atomic E-state index is -0.165. The Kier molecular flexibility index (Phi) is 5.11. The average Bonchev–Trinajstić information content (AvgIpc) is 2.49. The molecule has 4 nitrogen and oxygen atoms in total. The second kappa shape index (κ2) is 7.04. The van der Waals surface area contributed by atoms with Crippen LogP contribution in [0, 0.1) is 0 Å². The van der Waals surface area contributed by atoms with E-state index in [4.69, 9.17) is 0 Å². The molecule has 2 amide bonds. The molecule has 0 saturated carbocycles. The molecule has 0 aliphatic rings. The Morgan fingerprint density at radius 2 is 1.62 bits per heavy atom. The number of likely N-dealkylation sites (N-methyl/N-ethyl adjacent to an activating group) is 1. The summed E-state index contributed by atoms with van der Waals surface area (Å²) in [6.45, 7) is 0. The molecule has 0 heterocycles. The van der Waals surface area contributed by atoms with E-state index in [1.54, 1.807) is 31.3 Å². The maximum atomic E-state index is 12.0. The Morgan fingerprint density at radius 1 is 1.00 bits per heavy atom. The lowest BCUT2D eigenvalue weighted by Crippen LogP contribution is -2.19. The molecule has 5 heteroatoms. The minimum absolute atomic E-state index is 0.0401. The summed E-state index contributed by atoms with van der Waals surface area (Å²) in [5.41, 5.74) is 2.19. The van der Waals surface area contributed by atoms with Gasteiger partial charge in [-0.05, 0) is 42.0 Å². The van der Waals surface area contributed by atoms with Crippen molar-refractivity contribution in [2.45, 2.75) is 6.42 Å². The van der Waals surface area contributed by atoms with Crippen LogP contribution in [0.2, 0.25) is 0 Å². The van der Waals surface area contributed by atoms with E-state index < -0.39 is 0 Å². The van der Waals surface area contributed by atoms with Crippen molar-refractivity contribution in [3.63, 3.8) is 0 Å². The van der Waals surface area contributed by atoms with E-state index in [0.717, 1.165) is 10.0 Å². The van der Waals surface area contributed by atoms with Gasteiger partial charge in [-0.2, -0.15) is 0 Å². The number of hydrogen-bond donors (Lipinski definition) is 2. The molecule has 0 unspecified atom stereocenters. The maximum Gasteiger partial charge on any atom is 0.255 e. The van der Waals surface area contributed by atoms with Gasteiger partial charge in [0.2, 0.25) is 5.91 Å². The smallest absolute Gasteiger partial charge is 0.255 e. The van der Waals surface area contributed by atoms with E-state index in [9.17, 15) is 9.59 Å². The van der Waals surface area contributed by atoms with Gasteiger partial charge in [0.25, 0.3) is 5.91 Å². The molecule has 0 aliphatic heterocycles. The zero-order chi connectivity index (χ0) is 15.2. The predicted molar refractivity (Wildman–Crippen MR) is 86.3 cm³/mol.